The second-order valence-electron chi connectivity index (χ2n) is 6.29. The average Bonchev–Trinajstić information content (AvgIpc) is 2.35. The molecular formula is C16H21BrN2O. The molecule has 0 amide bonds. The van der Waals surface area contributed by atoms with Crippen LogP contribution in [0.4, 0.5) is 5.82 Å². The van der Waals surface area contributed by atoms with Crippen molar-refractivity contribution in [1.29, 1.82) is 0 Å². The van der Waals surface area contributed by atoms with Crippen molar-refractivity contribution < 1.29 is 5.11 Å². The molecule has 2 aromatic rings. The Morgan fingerprint density at radius 2 is 2.00 bits per heavy atom. The van der Waals surface area contributed by atoms with Gasteiger partial charge in [0.25, 0.3) is 0 Å². The molecule has 1 unspecified atom stereocenters. The number of nitrogens with one attached hydrogen (secondary N) is 1. The van der Waals surface area contributed by atoms with E-state index in [2.05, 4.69) is 47.0 Å². The molecule has 0 aliphatic carbocycles. The van der Waals surface area contributed by atoms with Gasteiger partial charge in [0, 0.05) is 28.0 Å². The quantitative estimate of drug-likeness (QED) is 0.879. The number of hydrogen-bond acceptors (Lipinski definition) is 3. The van der Waals surface area contributed by atoms with Crippen LogP contribution in [0, 0.1) is 5.41 Å². The monoisotopic (exact) mass is 336 g/mol. The van der Waals surface area contributed by atoms with Crippen molar-refractivity contribution >= 4 is 32.5 Å². The molecule has 0 bridgehead atoms. The molecule has 1 atom stereocenters. The molecule has 1 aromatic heterocycles. The minimum Gasteiger partial charge on any atom is -0.391 e. The van der Waals surface area contributed by atoms with Crippen LogP contribution in [-0.4, -0.2) is 22.7 Å². The minimum atomic E-state index is -0.376. The van der Waals surface area contributed by atoms with E-state index < -0.39 is 0 Å². The summed E-state index contributed by atoms with van der Waals surface area (Å²) in [6.07, 6.45) is 2.17. The summed E-state index contributed by atoms with van der Waals surface area (Å²) in [4.78, 5) is 4.37. The van der Waals surface area contributed by atoms with Gasteiger partial charge in [0.2, 0.25) is 0 Å². The Morgan fingerprint density at radius 1 is 1.25 bits per heavy atom. The Bertz CT molecular complexity index is 593. The predicted octanol–water partition coefficient (Wildman–Crippen LogP) is 4.21. The van der Waals surface area contributed by atoms with Gasteiger partial charge in [0.1, 0.15) is 5.82 Å². The number of fused-ring (bicyclic) bond motifs is 1. The second kappa shape index (κ2) is 6.10. The fourth-order valence-corrected chi connectivity index (χ4v) is 2.80. The molecular weight excluding hydrogens is 316 g/mol. The van der Waals surface area contributed by atoms with Gasteiger partial charge in [-0.2, -0.15) is 0 Å². The van der Waals surface area contributed by atoms with E-state index in [1.807, 2.05) is 24.3 Å². The van der Waals surface area contributed by atoms with Gasteiger partial charge < -0.3 is 10.4 Å². The van der Waals surface area contributed by atoms with Crippen LogP contribution in [0.15, 0.2) is 34.9 Å². The van der Waals surface area contributed by atoms with E-state index in [0.717, 1.165) is 27.5 Å². The van der Waals surface area contributed by atoms with Crippen LogP contribution in [0.5, 0.6) is 0 Å². The maximum absolute atomic E-state index is 10.1. The first-order valence-electron chi connectivity index (χ1n) is 6.82. The van der Waals surface area contributed by atoms with Crippen molar-refractivity contribution in [3.63, 3.8) is 0 Å². The number of aromatic nitrogens is 1. The summed E-state index contributed by atoms with van der Waals surface area (Å²) in [5, 5.41) is 15.5. The molecule has 1 heterocycles. The fraction of sp³-hybridized carbons (Fsp3) is 0.438. The Hall–Kier alpha value is -1.13. The van der Waals surface area contributed by atoms with E-state index >= 15 is 0 Å². The van der Waals surface area contributed by atoms with Crippen molar-refractivity contribution in [2.24, 2.45) is 5.41 Å². The van der Waals surface area contributed by atoms with Crippen LogP contribution in [0.1, 0.15) is 27.2 Å². The lowest BCUT2D eigenvalue weighted by Gasteiger charge is -2.22. The Balaban J connectivity index is 2.13. The van der Waals surface area contributed by atoms with E-state index in [1.165, 1.54) is 0 Å². The molecule has 20 heavy (non-hydrogen) atoms. The van der Waals surface area contributed by atoms with Crippen LogP contribution in [0.3, 0.4) is 0 Å². The summed E-state index contributed by atoms with van der Waals surface area (Å²) in [6, 6.07) is 8.02. The average molecular weight is 337 g/mol. The van der Waals surface area contributed by atoms with Crippen LogP contribution in [0.2, 0.25) is 0 Å². The second-order valence-corrected chi connectivity index (χ2v) is 7.15. The maximum atomic E-state index is 10.1. The lowest BCUT2D eigenvalue weighted by molar-refractivity contribution is 0.132. The number of hydrogen-bond donors (Lipinski definition) is 2. The molecule has 0 aliphatic rings. The largest absolute Gasteiger partial charge is 0.391 e. The maximum Gasteiger partial charge on any atom is 0.133 e. The van der Waals surface area contributed by atoms with Gasteiger partial charge >= 0.3 is 0 Å². The molecule has 0 saturated carbocycles. The highest BCUT2D eigenvalue weighted by atomic mass is 79.9. The molecule has 0 radical (unpaired) electrons. The van der Waals surface area contributed by atoms with Crippen LogP contribution in [0.25, 0.3) is 10.8 Å². The molecule has 0 aliphatic heterocycles. The standard InChI is InChI=1S/C16H21BrN2O/c1-16(2,3)9-11(20)10-19-15-13-5-4-6-14(17)12(13)7-8-18-15/h4-8,11,20H,9-10H2,1-3H3,(H,18,19). The SMILES string of the molecule is CC(C)(C)CC(O)CNc1nccc2c(Br)cccc12. The molecule has 108 valence electrons. The zero-order chi connectivity index (χ0) is 14.8. The van der Waals surface area contributed by atoms with Crippen molar-refractivity contribution in [2.75, 3.05) is 11.9 Å². The lowest BCUT2D eigenvalue weighted by atomic mass is 9.89. The zero-order valence-corrected chi connectivity index (χ0v) is 13.7. The smallest absolute Gasteiger partial charge is 0.133 e. The normalized spacial score (nSPS) is 13.4. The summed E-state index contributed by atoms with van der Waals surface area (Å²) < 4.78 is 1.05. The summed E-state index contributed by atoms with van der Waals surface area (Å²) >= 11 is 3.55. The number of halogens is 1. The van der Waals surface area contributed by atoms with Crippen LogP contribution >= 0.6 is 15.9 Å². The number of pyridine rings is 1. The molecule has 2 N–H and O–H groups in total. The predicted molar refractivity (Wildman–Crippen MR) is 88.0 cm³/mol. The molecule has 4 heteroatoms. The molecule has 2 rings (SSSR count). The summed E-state index contributed by atoms with van der Waals surface area (Å²) in [5.41, 5.74) is 0.121. The number of aliphatic hydroxyl groups is 1. The molecule has 0 saturated heterocycles. The van der Waals surface area contributed by atoms with E-state index in [9.17, 15) is 5.11 Å². The number of anilines is 1. The van der Waals surface area contributed by atoms with Crippen LogP contribution < -0.4 is 5.32 Å². The lowest BCUT2D eigenvalue weighted by Crippen LogP contribution is -2.25. The number of benzene rings is 1. The summed E-state index contributed by atoms with van der Waals surface area (Å²) in [7, 11) is 0. The first kappa shape index (κ1) is 15.3. The highest BCUT2D eigenvalue weighted by Gasteiger charge is 2.16. The summed E-state index contributed by atoms with van der Waals surface area (Å²) in [5.74, 6) is 0.816. The van der Waals surface area contributed by atoms with Gasteiger partial charge in [-0.3, -0.25) is 0 Å². The molecule has 1 aromatic carbocycles. The van der Waals surface area contributed by atoms with E-state index in [1.54, 1.807) is 6.20 Å². The highest BCUT2D eigenvalue weighted by Crippen LogP contribution is 2.28. The minimum absolute atomic E-state index is 0.121. The first-order chi connectivity index (χ1) is 9.37. The third-order valence-electron chi connectivity index (χ3n) is 3.11. The van der Waals surface area contributed by atoms with Crippen molar-refractivity contribution in [3.05, 3.63) is 34.9 Å². The van der Waals surface area contributed by atoms with Crippen molar-refractivity contribution in [1.82, 2.24) is 4.98 Å². The molecule has 3 nitrogen and oxygen atoms in total. The number of rotatable bonds is 4. The van der Waals surface area contributed by atoms with Crippen LogP contribution in [-0.2, 0) is 0 Å². The Labute approximate surface area is 128 Å². The van der Waals surface area contributed by atoms with Gasteiger partial charge in [0.15, 0.2) is 0 Å². The third-order valence-corrected chi connectivity index (χ3v) is 3.80. The third kappa shape index (κ3) is 3.93. The van der Waals surface area contributed by atoms with Crippen molar-refractivity contribution in [3.8, 4) is 0 Å². The van der Waals surface area contributed by atoms with Gasteiger partial charge in [0.05, 0.1) is 6.10 Å². The Kier molecular flexibility index (Phi) is 4.66. The fourth-order valence-electron chi connectivity index (χ4n) is 2.30. The summed E-state index contributed by atoms with van der Waals surface area (Å²) in [6.45, 7) is 6.90. The van der Waals surface area contributed by atoms with Gasteiger partial charge in [-0.25, -0.2) is 4.98 Å². The molecule has 0 spiro atoms. The number of nitrogens with zero attached hydrogens (tertiary/aromatic N) is 1. The van der Waals surface area contributed by atoms with E-state index in [0.29, 0.717) is 6.54 Å². The zero-order valence-electron chi connectivity index (χ0n) is 12.2. The van der Waals surface area contributed by atoms with Gasteiger partial charge in [-0.15, -0.1) is 0 Å². The highest BCUT2D eigenvalue weighted by molar-refractivity contribution is 9.10. The van der Waals surface area contributed by atoms with Gasteiger partial charge in [-0.05, 0) is 24.0 Å². The first-order valence-corrected chi connectivity index (χ1v) is 7.61. The van der Waals surface area contributed by atoms with Crippen molar-refractivity contribution in [2.45, 2.75) is 33.3 Å². The Morgan fingerprint density at radius 3 is 2.70 bits per heavy atom. The van der Waals surface area contributed by atoms with Gasteiger partial charge in [-0.1, -0.05) is 48.8 Å². The molecule has 0 fully saturated rings. The van der Waals surface area contributed by atoms with E-state index in [4.69, 9.17) is 0 Å². The topological polar surface area (TPSA) is 45.1 Å². The van der Waals surface area contributed by atoms with E-state index in [-0.39, 0.29) is 11.5 Å². The number of aliphatic hydroxyl groups excluding tert-OH is 1.